The Morgan fingerprint density at radius 1 is 1.15 bits per heavy atom. The summed E-state index contributed by atoms with van der Waals surface area (Å²) in [5.41, 5.74) is 1.73. The number of fused-ring (bicyclic) bond motifs is 1. The van der Waals surface area contributed by atoms with Gasteiger partial charge in [-0.1, -0.05) is 24.3 Å². The van der Waals surface area contributed by atoms with Gasteiger partial charge in [0.15, 0.2) is 0 Å². The topological polar surface area (TPSA) is 90.7 Å². The van der Waals surface area contributed by atoms with Gasteiger partial charge < -0.3 is 14.3 Å². The Labute approximate surface area is 191 Å². The first-order chi connectivity index (χ1) is 15.7. The van der Waals surface area contributed by atoms with Crippen LogP contribution in [0.3, 0.4) is 0 Å². The van der Waals surface area contributed by atoms with Crippen LogP contribution < -0.4 is 5.46 Å². The first-order valence-corrected chi connectivity index (χ1v) is 11.1. The quantitative estimate of drug-likeness (QED) is 0.470. The summed E-state index contributed by atoms with van der Waals surface area (Å²) >= 11 is 0. The van der Waals surface area contributed by atoms with Crippen molar-refractivity contribution in [2.75, 3.05) is 0 Å². The number of rotatable bonds is 5. The van der Waals surface area contributed by atoms with Crippen LogP contribution in [-0.4, -0.2) is 48.3 Å². The molecule has 10 heteroatoms. The molecular formula is C23H26BFN6O2. The van der Waals surface area contributed by atoms with Gasteiger partial charge in [-0.15, -0.1) is 5.10 Å². The number of benzene rings is 1. The molecule has 1 fully saturated rings. The lowest BCUT2D eigenvalue weighted by molar-refractivity contribution is 0.00578. The van der Waals surface area contributed by atoms with Crippen molar-refractivity contribution in [3.63, 3.8) is 0 Å². The summed E-state index contributed by atoms with van der Waals surface area (Å²) in [7, 11) is -0.499. The SMILES string of the molecule is CCC(c1cn(-c2ccccc2F)nn1)c1ncc2c(B3OC(C)(C)C(C)(C)O3)c[nH]c2n1. The van der Waals surface area contributed by atoms with Crippen LogP contribution in [0.15, 0.2) is 42.9 Å². The molecule has 5 rings (SSSR count). The van der Waals surface area contributed by atoms with E-state index in [2.05, 4.69) is 20.3 Å². The Morgan fingerprint density at radius 2 is 1.88 bits per heavy atom. The average molecular weight is 448 g/mol. The second-order valence-electron chi connectivity index (χ2n) is 9.32. The summed E-state index contributed by atoms with van der Waals surface area (Å²) in [6.07, 6.45) is 6.09. The predicted octanol–water partition coefficient (Wildman–Crippen LogP) is 3.52. The van der Waals surface area contributed by atoms with E-state index in [9.17, 15) is 4.39 Å². The van der Waals surface area contributed by atoms with E-state index in [1.807, 2.05) is 40.8 Å². The molecule has 0 amide bonds. The molecule has 1 aliphatic heterocycles. The summed E-state index contributed by atoms with van der Waals surface area (Å²) < 4.78 is 28.0. The van der Waals surface area contributed by atoms with E-state index in [-0.39, 0.29) is 11.7 Å². The zero-order valence-electron chi connectivity index (χ0n) is 19.3. The highest BCUT2D eigenvalue weighted by Crippen LogP contribution is 2.37. The van der Waals surface area contributed by atoms with Crippen LogP contribution in [-0.2, 0) is 9.31 Å². The van der Waals surface area contributed by atoms with Gasteiger partial charge in [-0.3, -0.25) is 0 Å². The molecule has 8 nitrogen and oxygen atoms in total. The summed E-state index contributed by atoms with van der Waals surface area (Å²) in [6.45, 7) is 10.1. The maximum absolute atomic E-state index is 14.2. The number of para-hydroxylation sites is 1. The number of halogens is 1. The van der Waals surface area contributed by atoms with Crippen LogP contribution in [0.1, 0.15) is 58.5 Å². The first kappa shape index (κ1) is 21.7. The van der Waals surface area contributed by atoms with Gasteiger partial charge in [0, 0.05) is 23.2 Å². The van der Waals surface area contributed by atoms with Gasteiger partial charge in [-0.2, -0.15) is 0 Å². The first-order valence-electron chi connectivity index (χ1n) is 11.1. The molecule has 0 aliphatic carbocycles. The van der Waals surface area contributed by atoms with Crippen LogP contribution >= 0.6 is 0 Å². The highest BCUT2D eigenvalue weighted by molar-refractivity contribution is 6.65. The number of nitrogens with one attached hydrogen (secondary N) is 1. The third kappa shape index (κ3) is 3.63. The molecule has 1 aliphatic rings. The van der Waals surface area contributed by atoms with E-state index in [0.29, 0.717) is 29.3 Å². The van der Waals surface area contributed by atoms with E-state index in [1.54, 1.807) is 30.6 Å². The third-order valence-electron chi connectivity index (χ3n) is 6.68. The number of H-pyrrole nitrogens is 1. The molecule has 4 heterocycles. The molecule has 33 heavy (non-hydrogen) atoms. The van der Waals surface area contributed by atoms with Crippen molar-refractivity contribution in [1.82, 2.24) is 29.9 Å². The lowest BCUT2D eigenvalue weighted by atomic mass is 9.79. The Kier molecular flexibility index (Phi) is 5.10. The van der Waals surface area contributed by atoms with Gasteiger partial charge in [0.2, 0.25) is 0 Å². The van der Waals surface area contributed by atoms with Crippen molar-refractivity contribution in [3.05, 3.63) is 60.2 Å². The van der Waals surface area contributed by atoms with Crippen molar-refractivity contribution >= 4 is 23.6 Å². The maximum atomic E-state index is 14.2. The Morgan fingerprint density at radius 3 is 2.58 bits per heavy atom. The second kappa shape index (κ2) is 7.74. The van der Waals surface area contributed by atoms with Gasteiger partial charge in [0.05, 0.1) is 29.0 Å². The normalized spacial score (nSPS) is 18.2. The fraction of sp³-hybridized carbons (Fsp3) is 0.391. The van der Waals surface area contributed by atoms with Crippen molar-refractivity contribution in [1.29, 1.82) is 0 Å². The third-order valence-corrected chi connectivity index (χ3v) is 6.68. The molecule has 0 saturated carbocycles. The lowest BCUT2D eigenvalue weighted by Gasteiger charge is -2.32. The maximum Gasteiger partial charge on any atom is 0.497 e. The fourth-order valence-corrected chi connectivity index (χ4v) is 3.99. The second-order valence-corrected chi connectivity index (χ2v) is 9.32. The number of aromatic amines is 1. The molecule has 1 aromatic carbocycles. The van der Waals surface area contributed by atoms with Crippen LogP contribution in [0.25, 0.3) is 16.7 Å². The van der Waals surface area contributed by atoms with E-state index >= 15 is 0 Å². The summed E-state index contributed by atoms with van der Waals surface area (Å²) in [5.74, 6) is 0.0766. The average Bonchev–Trinajstić information content (AvgIpc) is 3.45. The molecule has 0 bridgehead atoms. The summed E-state index contributed by atoms with van der Waals surface area (Å²) in [6, 6.07) is 6.46. The molecule has 1 unspecified atom stereocenters. The number of hydrogen-bond acceptors (Lipinski definition) is 6. The van der Waals surface area contributed by atoms with Crippen molar-refractivity contribution in [2.24, 2.45) is 0 Å². The standard InChI is InChI=1S/C23H26BFN6O2/c1-6-14(18-13-31(30-29-18)19-10-8-7-9-17(19)25)20-26-11-15-16(12-27-21(15)28-20)24-32-22(2,3)23(4,5)33-24/h7-14H,6H2,1-5H3,(H,26,27,28). The highest BCUT2D eigenvalue weighted by Gasteiger charge is 2.52. The van der Waals surface area contributed by atoms with Gasteiger partial charge >= 0.3 is 7.12 Å². The fourth-order valence-electron chi connectivity index (χ4n) is 3.99. The number of aromatic nitrogens is 6. The number of nitrogens with zero attached hydrogens (tertiary/aromatic N) is 5. The van der Waals surface area contributed by atoms with Crippen molar-refractivity contribution in [3.8, 4) is 5.69 Å². The van der Waals surface area contributed by atoms with E-state index < -0.39 is 18.3 Å². The van der Waals surface area contributed by atoms with Crippen LogP contribution in [0, 0.1) is 5.82 Å². The smallest absolute Gasteiger partial charge is 0.399 e. The van der Waals surface area contributed by atoms with Crippen molar-refractivity contribution in [2.45, 2.75) is 58.2 Å². The molecule has 4 aromatic rings. The predicted molar refractivity (Wildman–Crippen MR) is 123 cm³/mol. The van der Waals surface area contributed by atoms with Gasteiger partial charge in [-0.05, 0) is 46.2 Å². The minimum atomic E-state index is -0.499. The van der Waals surface area contributed by atoms with Gasteiger partial charge in [-0.25, -0.2) is 19.0 Å². The van der Waals surface area contributed by atoms with Crippen LogP contribution in [0.5, 0.6) is 0 Å². The zero-order valence-corrected chi connectivity index (χ0v) is 19.3. The molecule has 3 aromatic heterocycles. The molecule has 1 N–H and O–H groups in total. The van der Waals surface area contributed by atoms with E-state index in [1.165, 1.54) is 10.7 Å². The molecule has 1 atom stereocenters. The Balaban J connectivity index is 1.45. The Hall–Kier alpha value is -3.11. The minimum Gasteiger partial charge on any atom is -0.399 e. The van der Waals surface area contributed by atoms with Crippen LogP contribution in [0.2, 0.25) is 0 Å². The van der Waals surface area contributed by atoms with Crippen molar-refractivity contribution < 1.29 is 13.7 Å². The molecule has 170 valence electrons. The molecule has 1 saturated heterocycles. The Bertz CT molecular complexity index is 1300. The molecular weight excluding hydrogens is 422 g/mol. The van der Waals surface area contributed by atoms with E-state index in [4.69, 9.17) is 14.3 Å². The highest BCUT2D eigenvalue weighted by atomic mass is 19.1. The van der Waals surface area contributed by atoms with Gasteiger partial charge in [0.25, 0.3) is 0 Å². The lowest BCUT2D eigenvalue weighted by Crippen LogP contribution is -2.41. The summed E-state index contributed by atoms with van der Waals surface area (Å²) in [5, 5.41) is 9.24. The molecule has 0 spiro atoms. The number of hydrogen-bond donors (Lipinski definition) is 1. The van der Waals surface area contributed by atoms with Crippen LogP contribution in [0.4, 0.5) is 4.39 Å². The van der Waals surface area contributed by atoms with E-state index in [0.717, 1.165) is 10.8 Å². The monoisotopic (exact) mass is 448 g/mol. The molecule has 0 radical (unpaired) electrons. The summed E-state index contributed by atoms with van der Waals surface area (Å²) in [4.78, 5) is 12.6. The van der Waals surface area contributed by atoms with Gasteiger partial charge in [0.1, 0.15) is 23.0 Å². The largest absolute Gasteiger partial charge is 0.497 e. The zero-order chi connectivity index (χ0) is 23.4. The minimum absolute atomic E-state index is 0.182.